The molecule has 1 unspecified atom stereocenters. The van der Waals surface area contributed by atoms with Gasteiger partial charge in [0.1, 0.15) is 0 Å². The summed E-state index contributed by atoms with van der Waals surface area (Å²) in [6.07, 6.45) is 1.85. The molecule has 0 aromatic carbocycles. The van der Waals surface area contributed by atoms with Gasteiger partial charge in [-0.1, -0.05) is 11.4 Å². The highest BCUT2D eigenvalue weighted by atomic mass is 32.1. The van der Waals surface area contributed by atoms with Gasteiger partial charge >= 0.3 is 0 Å². The highest BCUT2D eigenvalue weighted by Gasteiger charge is 2.02. The number of rotatable bonds is 3. The van der Waals surface area contributed by atoms with E-state index in [1.807, 2.05) is 5.38 Å². The van der Waals surface area contributed by atoms with Crippen molar-refractivity contribution in [2.45, 2.75) is 25.8 Å². The molecule has 3 nitrogen and oxygen atoms in total. The molecule has 4 heteroatoms. The third-order valence-electron chi connectivity index (χ3n) is 1.40. The SMILES string of the molecule is CCC(N)Cc1csnn1. The second-order valence-electron chi connectivity index (χ2n) is 2.27. The molecule has 10 heavy (non-hydrogen) atoms. The molecule has 0 aliphatic rings. The van der Waals surface area contributed by atoms with Gasteiger partial charge in [-0.25, -0.2) is 0 Å². The highest BCUT2D eigenvalue weighted by Crippen LogP contribution is 2.01. The van der Waals surface area contributed by atoms with Crippen molar-refractivity contribution >= 4 is 11.5 Å². The second-order valence-corrected chi connectivity index (χ2v) is 2.88. The van der Waals surface area contributed by atoms with E-state index in [4.69, 9.17) is 5.73 Å². The van der Waals surface area contributed by atoms with Gasteiger partial charge in [0.15, 0.2) is 0 Å². The molecule has 1 rings (SSSR count). The van der Waals surface area contributed by atoms with Gasteiger partial charge in [-0.05, 0) is 18.0 Å². The molecule has 0 amide bonds. The number of nitrogens with zero attached hydrogens (tertiary/aromatic N) is 2. The van der Waals surface area contributed by atoms with Crippen LogP contribution in [0.2, 0.25) is 0 Å². The molecule has 0 spiro atoms. The summed E-state index contributed by atoms with van der Waals surface area (Å²) >= 11 is 1.38. The first kappa shape index (κ1) is 7.63. The smallest absolute Gasteiger partial charge is 0.0770 e. The van der Waals surface area contributed by atoms with Crippen molar-refractivity contribution in [1.82, 2.24) is 9.59 Å². The molecule has 1 aromatic heterocycles. The summed E-state index contributed by atoms with van der Waals surface area (Å²) in [5, 5.41) is 5.83. The molecule has 56 valence electrons. The van der Waals surface area contributed by atoms with E-state index in [1.54, 1.807) is 0 Å². The zero-order valence-corrected chi connectivity index (χ0v) is 6.77. The summed E-state index contributed by atoms with van der Waals surface area (Å²) in [4.78, 5) is 0. The Hall–Kier alpha value is -0.480. The summed E-state index contributed by atoms with van der Waals surface area (Å²) in [5.41, 5.74) is 6.71. The lowest BCUT2D eigenvalue weighted by molar-refractivity contribution is 0.635. The van der Waals surface area contributed by atoms with Gasteiger partial charge in [0.05, 0.1) is 5.69 Å². The fourth-order valence-electron chi connectivity index (χ4n) is 0.686. The Bertz CT molecular complexity index is 173. The van der Waals surface area contributed by atoms with Crippen LogP contribution in [0.15, 0.2) is 5.38 Å². The minimum atomic E-state index is 0.240. The predicted octanol–water partition coefficient (Wildman–Crippen LogP) is 0.818. The first-order chi connectivity index (χ1) is 4.83. The molecule has 0 aliphatic carbocycles. The average Bonchev–Trinajstić information content (AvgIpc) is 2.40. The average molecular weight is 157 g/mol. The minimum absolute atomic E-state index is 0.240. The first-order valence-corrected chi connectivity index (χ1v) is 4.18. The van der Waals surface area contributed by atoms with Crippen molar-refractivity contribution < 1.29 is 0 Å². The molecular formula is C6H11N3S. The Kier molecular flexibility index (Phi) is 2.77. The van der Waals surface area contributed by atoms with Crippen LogP contribution in [0.25, 0.3) is 0 Å². The van der Waals surface area contributed by atoms with Crippen LogP contribution >= 0.6 is 11.5 Å². The lowest BCUT2D eigenvalue weighted by Crippen LogP contribution is -2.21. The van der Waals surface area contributed by atoms with Gasteiger partial charge in [-0.3, -0.25) is 0 Å². The molecule has 0 aliphatic heterocycles. The molecule has 0 radical (unpaired) electrons. The predicted molar refractivity (Wildman–Crippen MR) is 41.9 cm³/mol. The molecule has 0 saturated heterocycles. The Morgan fingerprint density at radius 1 is 1.80 bits per heavy atom. The van der Waals surface area contributed by atoms with E-state index >= 15 is 0 Å². The lowest BCUT2D eigenvalue weighted by Gasteiger charge is -2.03. The van der Waals surface area contributed by atoms with Crippen molar-refractivity contribution in [3.8, 4) is 0 Å². The van der Waals surface area contributed by atoms with E-state index < -0.39 is 0 Å². The van der Waals surface area contributed by atoms with Crippen LogP contribution in [0.1, 0.15) is 19.0 Å². The fourth-order valence-corrected chi connectivity index (χ4v) is 1.15. The minimum Gasteiger partial charge on any atom is -0.327 e. The van der Waals surface area contributed by atoms with Gasteiger partial charge < -0.3 is 5.73 Å². The van der Waals surface area contributed by atoms with Crippen LogP contribution in [-0.4, -0.2) is 15.6 Å². The summed E-state index contributed by atoms with van der Waals surface area (Å²) in [6.45, 7) is 2.07. The summed E-state index contributed by atoms with van der Waals surface area (Å²) < 4.78 is 3.75. The van der Waals surface area contributed by atoms with E-state index in [9.17, 15) is 0 Å². The molecule has 2 N–H and O–H groups in total. The Morgan fingerprint density at radius 3 is 3.10 bits per heavy atom. The third-order valence-corrected chi connectivity index (χ3v) is 1.95. The largest absolute Gasteiger partial charge is 0.327 e. The number of hydrogen-bond donors (Lipinski definition) is 1. The normalized spacial score (nSPS) is 13.4. The summed E-state index contributed by atoms with van der Waals surface area (Å²) in [6, 6.07) is 0.240. The fraction of sp³-hybridized carbons (Fsp3) is 0.667. The van der Waals surface area contributed by atoms with Crippen molar-refractivity contribution in [1.29, 1.82) is 0 Å². The third kappa shape index (κ3) is 2.04. The van der Waals surface area contributed by atoms with Gasteiger partial charge in [0, 0.05) is 17.8 Å². The quantitative estimate of drug-likeness (QED) is 0.706. The topological polar surface area (TPSA) is 51.8 Å². The molecule has 1 atom stereocenters. The van der Waals surface area contributed by atoms with E-state index in [-0.39, 0.29) is 6.04 Å². The van der Waals surface area contributed by atoms with Gasteiger partial charge in [-0.2, -0.15) is 0 Å². The number of aromatic nitrogens is 2. The zero-order chi connectivity index (χ0) is 7.40. The van der Waals surface area contributed by atoms with Crippen LogP contribution in [0.3, 0.4) is 0 Å². The van der Waals surface area contributed by atoms with Crippen molar-refractivity contribution in [3.05, 3.63) is 11.1 Å². The monoisotopic (exact) mass is 157 g/mol. The molecular weight excluding hydrogens is 146 g/mol. The first-order valence-electron chi connectivity index (χ1n) is 3.34. The van der Waals surface area contributed by atoms with Gasteiger partial charge in [-0.15, -0.1) is 5.10 Å². The molecule has 1 aromatic rings. The number of nitrogens with two attached hydrogens (primary N) is 1. The standard InChI is InChI=1S/C6H11N3S/c1-2-5(7)3-6-4-10-9-8-6/h4-5H,2-3,7H2,1H3. The van der Waals surface area contributed by atoms with E-state index in [2.05, 4.69) is 16.5 Å². The molecule has 0 bridgehead atoms. The lowest BCUT2D eigenvalue weighted by atomic mass is 10.1. The van der Waals surface area contributed by atoms with Crippen molar-refractivity contribution in [2.24, 2.45) is 5.73 Å². The van der Waals surface area contributed by atoms with Crippen LogP contribution in [0, 0.1) is 0 Å². The summed E-state index contributed by atoms with van der Waals surface area (Å²) in [7, 11) is 0. The zero-order valence-electron chi connectivity index (χ0n) is 5.95. The number of hydrogen-bond acceptors (Lipinski definition) is 4. The van der Waals surface area contributed by atoms with E-state index in [1.165, 1.54) is 11.5 Å². The maximum absolute atomic E-state index is 5.70. The van der Waals surface area contributed by atoms with Crippen molar-refractivity contribution in [2.75, 3.05) is 0 Å². The van der Waals surface area contributed by atoms with E-state index in [0.29, 0.717) is 0 Å². The Balaban J connectivity index is 2.40. The second kappa shape index (κ2) is 3.63. The van der Waals surface area contributed by atoms with Gasteiger partial charge in [0.25, 0.3) is 0 Å². The molecule has 0 saturated carbocycles. The Labute approximate surface area is 64.4 Å². The highest BCUT2D eigenvalue weighted by molar-refractivity contribution is 7.03. The summed E-state index contributed by atoms with van der Waals surface area (Å²) in [5.74, 6) is 0. The molecule has 1 heterocycles. The van der Waals surface area contributed by atoms with E-state index in [0.717, 1.165) is 18.5 Å². The van der Waals surface area contributed by atoms with Crippen LogP contribution in [0.4, 0.5) is 0 Å². The van der Waals surface area contributed by atoms with Crippen molar-refractivity contribution in [3.63, 3.8) is 0 Å². The Morgan fingerprint density at radius 2 is 2.60 bits per heavy atom. The van der Waals surface area contributed by atoms with Gasteiger partial charge in [0.2, 0.25) is 0 Å². The maximum atomic E-state index is 5.70. The van der Waals surface area contributed by atoms with Crippen LogP contribution in [-0.2, 0) is 6.42 Å². The van der Waals surface area contributed by atoms with Crippen LogP contribution in [0.5, 0.6) is 0 Å². The maximum Gasteiger partial charge on any atom is 0.0770 e. The molecule has 0 fully saturated rings. The van der Waals surface area contributed by atoms with Crippen LogP contribution < -0.4 is 5.73 Å².